The van der Waals surface area contributed by atoms with Gasteiger partial charge in [-0.05, 0) is 38.0 Å². The number of anilines is 2. The Morgan fingerprint density at radius 1 is 1.10 bits per heavy atom. The number of nitrogens with one attached hydrogen (secondary N) is 2. The van der Waals surface area contributed by atoms with Crippen molar-refractivity contribution in [3.05, 3.63) is 54.4 Å². The van der Waals surface area contributed by atoms with Crippen molar-refractivity contribution < 1.29 is 9.53 Å². The maximum atomic E-state index is 12.6. The number of amides is 2. The van der Waals surface area contributed by atoms with E-state index in [1.807, 2.05) is 49.4 Å². The molecule has 1 saturated heterocycles. The first-order valence-corrected chi connectivity index (χ1v) is 9.82. The molecule has 0 atom stereocenters. The zero-order chi connectivity index (χ0) is 20.2. The molecule has 29 heavy (non-hydrogen) atoms. The van der Waals surface area contributed by atoms with E-state index in [-0.39, 0.29) is 12.1 Å². The standard InChI is InChI=1S/C22H25N5O2/c1-15-17-5-3-6-19(18(17)9-12-23-15)25-22(28)24-16-10-13-27(14-11-16)20-7-4-8-21(26-20)29-2/h3-9,12,16H,10-11,13-14H2,1-2H3,(H2,24,25,28). The molecule has 4 rings (SSSR count). The van der Waals surface area contributed by atoms with Crippen LogP contribution in [0.3, 0.4) is 0 Å². The number of carbonyl (C=O) groups excluding carboxylic acids is 1. The summed E-state index contributed by atoms with van der Waals surface area (Å²) >= 11 is 0. The van der Waals surface area contributed by atoms with Gasteiger partial charge in [0.05, 0.1) is 12.8 Å². The third-order valence-electron chi connectivity index (χ3n) is 5.33. The number of hydrogen-bond acceptors (Lipinski definition) is 5. The molecule has 0 radical (unpaired) electrons. The Hall–Kier alpha value is -3.35. The monoisotopic (exact) mass is 391 g/mol. The molecule has 7 nitrogen and oxygen atoms in total. The summed E-state index contributed by atoms with van der Waals surface area (Å²) in [7, 11) is 1.62. The first-order valence-electron chi connectivity index (χ1n) is 9.82. The first-order chi connectivity index (χ1) is 14.1. The predicted molar refractivity (Wildman–Crippen MR) is 115 cm³/mol. The Kier molecular flexibility index (Phi) is 5.46. The van der Waals surface area contributed by atoms with Crippen LogP contribution in [0, 0.1) is 6.92 Å². The van der Waals surface area contributed by atoms with Gasteiger partial charge in [0.2, 0.25) is 5.88 Å². The van der Waals surface area contributed by atoms with Crippen LogP contribution in [0.15, 0.2) is 48.7 Å². The van der Waals surface area contributed by atoms with Gasteiger partial charge in [-0.1, -0.05) is 18.2 Å². The fourth-order valence-corrected chi connectivity index (χ4v) is 3.75. The Bertz CT molecular complexity index is 1020. The maximum absolute atomic E-state index is 12.6. The lowest BCUT2D eigenvalue weighted by Crippen LogP contribution is -2.46. The average molecular weight is 391 g/mol. The molecule has 1 aliphatic heterocycles. The lowest BCUT2D eigenvalue weighted by molar-refractivity contribution is 0.246. The highest BCUT2D eigenvalue weighted by molar-refractivity contribution is 6.02. The van der Waals surface area contributed by atoms with Gasteiger partial charge in [0.15, 0.2) is 0 Å². The van der Waals surface area contributed by atoms with E-state index < -0.39 is 0 Å². The second-order valence-corrected chi connectivity index (χ2v) is 7.19. The number of hydrogen-bond donors (Lipinski definition) is 2. The highest BCUT2D eigenvalue weighted by Gasteiger charge is 2.22. The fraction of sp³-hybridized carbons (Fsp3) is 0.318. The smallest absolute Gasteiger partial charge is 0.319 e. The first kappa shape index (κ1) is 19.0. The average Bonchev–Trinajstić information content (AvgIpc) is 2.75. The number of aryl methyl sites for hydroxylation is 1. The minimum absolute atomic E-state index is 0.134. The Labute approximate surface area is 170 Å². The van der Waals surface area contributed by atoms with E-state index >= 15 is 0 Å². The summed E-state index contributed by atoms with van der Waals surface area (Å²) in [6.07, 6.45) is 3.50. The fourth-order valence-electron chi connectivity index (χ4n) is 3.75. The van der Waals surface area contributed by atoms with Crippen LogP contribution in [0.5, 0.6) is 5.88 Å². The Balaban J connectivity index is 1.35. The zero-order valence-corrected chi connectivity index (χ0v) is 16.7. The number of carbonyl (C=O) groups is 1. The summed E-state index contributed by atoms with van der Waals surface area (Å²) in [5.41, 5.74) is 1.74. The SMILES string of the molecule is COc1cccc(N2CCC(NC(=O)Nc3cccc4c(C)nccc34)CC2)n1. The van der Waals surface area contributed by atoms with Gasteiger partial charge in [-0.2, -0.15) is 4.98 Å². The molecule has 1 aliphatic rings. The number of ether oxygens (including phenoxy) is 1. The molecule has 0 unspecified atom stereocenters. The van der Waals surface area contributed by atoms with Gasteiger partial charge in [0, 0.05) is 47.9 Å². The zero-order valence-electron chi connectivity index (χ0n) is 16.7. The van der Waals surface area contributed by atoms with Crippen LogP contribution >= 0.6 is 0 Å². The highest BCUT2D eigenvalue weighted by atomic mass is 16.5. The summed E-state index contributed by atoms with van der Waals surface area (Å²) in [5.74, 6) is 1.52. The molecular formula is C22H25N5O2. The maximum Gasteiger partial charge on any atom is 0.319 e. The van der Waals surface area contributed by atoms with Crippen LogP contribution in [0.25, 0.3) is 10.8 Å². The Morgan fingerprint density at radius 2 is 1.90 bits per heavy atom. The van der Waals surface area contributed by atoms with Crippen LogP contribution in [0.4, 0.5) is 16.3 Å². The number of pyridine rings is 2. The van der Waals surface area contributed by atoms with Crippen molar-refractivity contribution in [2.24, 2.45) is 0 Å². The molecule has 1 fully saturated rings. The van der Waals surface area contributed by atoms with Gasteiger partial charge < -0.3 is 20.3 Å². The Morgan fingerprint density at radius 3 is 2.69 bits per heavy atom. The van der Waals surface area contributed by atoms with Crippen molar-refractivity contribution in [3.63, 3.8) is 0 Å². The molecule has 2 N–H and O–H groups in total. The van der Waals surface area contributed by atoms with Gasteiger partial charge in [-0.3, -0.25) is 4.98 Å². The van der Waals surface area contributed by atoms with Gasteiger partial charge in [0.25, 0.3) is 0 Å². The highest BCUT2D eigenvalue weighted by Crippen LogP contribution is 2.25. The second kappa shape index (κ2) is 8.34. The van der Waals surface area contributed by atoms with Gasteiger partial charge in [0.1, 0.15) is 5.82 Å². The molecule has 150 valence electrons. The predicted octanol–water partition coefficient (Wildman–Crippen LogP) is 3.74. The molecule has 2 aromatic heterocycles. The van der Waals surface area contributed by atoms with Crippen molar-refractivity contribution in [1.29, 1.82) is 0 Å². The molecular weight excluding hydrogens is 366 g/mol. The summed E-state index contributed by atoms with van der Waals surface area (Å²) in [5, 5.41) is 8.14. The van der Waals surface area contributed by atoms with Gasteiger partial charge in [-0.25, -0.2) is 4.79 Å². The number of nitrogens with zero attached hydrogens (tertiary/aromatic N) is 3. The molecule has 0 bridgehead atoms. The van der Waals surface area contributed by atoms with Crippen LogP contribution in [-0.4, -0.2) is 42.2 Å². The third-order valence-corrected chi connectivity index (χ3v) is 5.33. The molecule has 7 heteroatoms. The third kappa shape index (κ3) is 4.23. The van der Waals surface area contributed by atoms with Crippen LogP contribution in [0.2, 0.25) is 0 Å². The number of fused-ring (bicyclic) bond motifs is 1. The quantitative estimate of drug-likeness (QED) is 0.708. The van der Waals surface area contributed by atoms with Crippen molar-refractivity contribution in [1.82, 2.24) is 15.3 Å². The number of piperidine rings is 1. The molecule has 0 spiro atoms. The number of benzene rings is 1. The molecule has 3 heterocycles. The minimum atomic E-state index is -0.176. The normalized spacial score (nSPS) is 14.6. The molecule has 0 aliphatic carbocycles. The van der Waals surface area contributed by atoms with E-state index in [1.54, 1.807) is 13.3 Å². The van der Waals surface area contributed by atoms with Gasteiger partial charge in [-0.15, -0.1) is 0 Å². The van der Waals surface area contributed by atoms with Crippen LogP contribution in [0.1, 0.15) is 18.5 Å². The number of methoxy groups -OCH3 is 1. The summed E-state index contributed by atoms with van der Waals surface area (Å²) in [6.45, 7) is 3.64. The van der Waals surface area contributed by atoms with Crippen molar-refractivity contribution in [2.45, 2.75) is 25.8 Å². The molecule has 3 aromatic rings. The van der Waals surface area contributed by atoms with Crippen molar-refractivity contribution >= 4 is 28.3 Å². The topological polar surface area (TPSA) is 79.4 Å². The summed E-state index contributed by atoms with van der Waals surface area (Å²) in [6, 6.07) is 13.5. The number of aromatic nitrogens is 2. The summed E-state index contributed by atoms with van der Waals surface area (Å²) in [4.78, 5) is 23.6. The van der Waals surface area contributed by atoms with Gasteiger partial charge >= 0.3 is 6.03 Å². The largest absolute Gasteiger partial charge is 0.481 e. The molecule has 1 aromatic carbocycles. The van der Waals surface area contributed by atoms with Crippen LogP contribution < -0.4 is 20.3 Å². The van der Waals surface area contributed by atoms with Crippen LogP contribution in [-0.2, 0) is 0 Å². The number of urea groups is 1. The number of rotatable bonds is 4. The lowest BCUT2D eigenvalue weighted by Gasteiger charge is -2.33. The van der Waals surface area contributed by atoms with E-state index in [4.69, 9.17) is 4.74 Å². The second-order valence-electron chi connectivity index (χ2n) is 7.19. The van der Waals surface area contributed by atoms with Crippen molar-refractivity contribution in [3.8, 4) is 5.88 Å². The summed E-state index contributed by atoms with van der Waals surface area (Å²) < 4.78 is 5.21. The van der Waals surface area contributed by atoms with E-state index in [2.05, 4.69) is 25.5 Å². The van der Waals surface area contributed by atoms with E-state index in [0.717, 1.165) is 53.9 Å². The minimum Gasteiger partial charge on any atom is -0.481 e. The van der Waals surface area contributed by atoms with E-state index in [1.165, 1.54) is 0 Å². The lowest BCUT2D eigenvalue weighted by atomic mass is 10.1. The van der Waals surface area contributed by atoms with E-state index in [0.29, 0.717) is 5.88 Å². The molecule has 2 amide bonds. The molecule has 0 saturated carbocycles. The van der Waals surface area contributed by atoms with E-state index in [9.17, 15) is 4.79 Å². The van der Waals surface area contributed by atoms with Crippen molar-refractivity contribution in [2.75, 3.05) is 30.4 Å².